The highest BCUT2D eigenvalue weighted by Gasteiger charge is 2.26. The summed E-state index contributed by atoms with van der Waals surface area (Å²) >= 11 is 3.46. The minimum Gasteiger partial charge on any atom is -0.496 e. The number of aromatic nitrogens is 1. The summed E-state index contributed by atoms with van der Waals surface area (Å²) < 4.78 is 6.34. The monoisotopic (exact) mass is 374 g/mol. The van der Waals surface area contributed by atoms with Crippen LogP contribution in [0.4, 0.5) is 0 Å². The van der Waals surface area contributed by atoms with Crippen molar-refractivity contribution in [3.05, 3.63) is 74.4 Å². The number of hydrogen-bond acceptors (Lipinski definition) is 3. The number of rotatable bonds is 5. The first kappa shape index (κ1) is 15.6. The van der Waals surface area contributed by atoms with E-state index in [1.165, 1.54) is 0 Å². The van der Waals surface area contributed by atoms with Crippen LogP contribution in [0.5, 0.6) is 5.75 Å². The first-order valence-corrected chi connectivity index (χ1v) is 7.90. The molecule has 0 aliphatic carbocycles. The molecule has 6 heteroatoms. The van der Waals surface area contributed by atoms with Gasteiger partial charge in [-0.3, -0.25) is 10.1 Å². The van der Waals surface area contributed by atoms with Crippen LogP contribution in [0, 0.1) is 10.1 Å². The number of halogens is 1. The molecule has 118 valence electrons. The Balaban J connectivity index is 2.18. The molecule has 1 atom stereocenters. The van der Waals surface area contributed by atoms with Crippen molar-refractivity contribution in [2.24, 2.45) is 0 Å². The highest BCUT2D eigenvalue weighted by atomic mass is 79.9. The Morgan fingerprint density at radius 1 is 1.26 bits per heavy atom. The third kappa shape index (κ3) is 3.07. The molecule has 23 heavy (non-hydrogen) atoms. The molecule has 0 spiro atoms. The number of nitrogens with zero attached hydrogens (tertiary/aromatic N) is 1. The normalized spacial score (nSPS) is 12.3. The summed E-state index contributed by atoms with van der Waals surface area (Å²) in [7, 11) is 1.58. The Hall–Kier alpha value is -2.34. The largest absolute Gasteiger partial charge is 0.496 e. The maximum Gasteiger partial charge on any atom is 0.214 e. The molecule has 3 rings (SSSR count). The molecule has 3 aromatic rings. The molecular weight excluding hydrogens is 360 g/mol. The quantitative estimate of drug-likeness (QED) is 0.533. The van der Waals surface area contributed by atoms with Crippen molar-refractivity contribution < 1.29 is 9.66 Å². The van der Waals surface area contributed by atoms with Gasteiger partial charge >= 0.3 is 0 Å². The molecule has 0 saturated heterocycles. The minimum absolute atomic E-state index is 0.195. The molecule has 0 aliphatic heterocycles. The highest BCUT2D eigenvalue weighted by molar-refractivity contribution is 9.10. The van der Waals surface area contributed by atoms with Gasteiger partial charge in [-0.1, -0.05) is 34.1 Å². The molecule has 1 N–H and O–H groups in total. The van der Waals surface area contributed by atoms with E-state index < -0.39 is 0 Å². The number of nitro groups is 1. The van der Waals surface area contributed by atoms with Crippen LogP contribution >= 0.6 is 15.9 Å². The SMILES string of the molecule is COc1ccccc1[C@H](C[N+](=O)[O-])c1c[nH]c2ccc(Br)cc12. The van der Waals surface area contributed by atoms with Crippen LogP contribution in [0.1, 0.15) is 17.0 Å². The van der Waals surface area contributed by atoms with Crippen molar-refractivity contribution in [3.8, 4) is 5.75 Å². The fourth-order valence-electron chi connectivity index (χ4n) is 2.87. The fraction of sp³-hybridized carbons (Fsp3) is 0.176. The third-order valence-corrected chi connectivity index (χ3v) is 4.39. The summed E-state index contributed by atoms with van der Waals surface area (Å²) in [4.78, 5) is 14.1. The first-order valence-electron chi connectivity index (χ1n) is 7.11. The second-order valence-corrected chi connectivity index (χ2v) is 6.16. The molecule has 5 nitrogen and oxygen atoms in total. The second-order valence-electron chi connectivity index (χ2n) is 5.24. The average Bonchev–Trinajstić information content (AvgIpc) is 2.95. The van der Waals surface area contributed by atoms with Crippen molar-refractivity contribution >= 4 is 26.8 Å². The average molecular weight is 375 g/mol. The molecule has 0 fully saturated rings. The Bertz CT molecular complexity index is 860. The summed E-state index contributed by atoms with van der Waals surface area (Å²) in [6.45, 7) is -0.195. The highest BCUT2D eigenvalue weighted by Crippen LogP contribution is 2.36. The number of nitrogens with one attached hydrogen (secondary N) is 1. The van der Waals surface area contributed by atoms with Crippen LogP contribution in [-0.4, -0.2) is 23.6 Å². The van der Waals surface area contributed by atoms with Gasteiger partial charge in [0.1, 0.15) is 5.75 Å². The van der Waals surface area contributed by atoms with E-state index in [2.05, 4.69) is 20.9 Å². The van der Waals surface area contributed by atoms with Crippen LogP contribution in [0.2, 0.25) is 0 Å². The van der Waals surface area contributed by atoms with E-state index in [4.69, 9.17) is 4.74 Å². The van der Waals surface area contributed by atoms with E-state index in [0.717, 1.165) is 26.5 Å². The lowest BCUT2D eigenvalue weighted by atomic mass is 9.90. The van der Waals surface area contributed by atoms with E-state index >= 15 is 0 Å². The molecule has 0 radical (unpaired) electrons. The van der Waals surface area contributed by atoms with Crippen molar-refractivity contribution in [1.82, 2.24) is 4.98 Å². The van der Waals surface area contributed by atoms with Gasteiger partial charge in [-0.2, -0.15) is 0 Å². The standard InChI is InChI=1S/C17H15BrN2O3/c1-23-17-5-3-2-4-12(17)15(10-20(21)22)14-9-19-16-7-6-11(18)8-13(14)16/h2-9,15,19H,10H2,1H3/t15-/m0/s1. The van der Waals surface area contributed by atoms with Crippen LogP contribution in [-0.2, 0) is 0 Å². The van der Waals surface area contributed by atoms with E-state index in [1.807, 2.05) is 48.7 Å². The van der Waals surface area contributed by atoms with Gasteiger partial charge in [-0.25, -0.2) is 0 Å². The number of ether oxygens (including phenoxy) is 1. The van der Waals surface area contributed by atoms with Crippen LogP contribution in [0.25, 0.3) is 10.9 Å². The molecule has 1 heterocycles. The summed E-state index contributed by atoms with van der Waals surface area (Å²) in [6, 6.07) is 13.3. The van der Waals surface area contributed by atoms with Gasteiger partial charge in [0.2, 0.25) is 6.54 Å². The van der Waals surface area contributed by atoms with Gasteiger partial charge < -0.3 is 9.72 Å². The van der Waals surface area contributed by atoms with Crippen LogP contribution in [0.3, 0.4) is 0 Å². The zero-order valence-electron chi connectivity index (χ0n) is 12.5. The predicted octanol–water partition coefficient (Wildman–Crippen LogP) is 4.35. The third-order valence-electron chi connectivity index (χ3n) is 3.90. The van der Waals surface area contributed by atoms with E-state index in [1.54, 1.807) is 7.11 Å². The number of fused-ring (bicyclic) bond motifs is 1. The van der Waals surface area contributed by atoms with Crippen molar-refractivity contribution in [2.45, 2.75) is 5.92 Å². The van der Waals surface area contributed by atoms with Gasteiger partial charge in [-0.05, 0) is 29.8 Å². The van der Waals surface area contributed by atoms with Crippen LogP contribution in [0.15, 0.2) is 53.1 Å². The molecule has 0 amide bonds. The Morgan fingerprint density at radius 2 is 2.04 bits per heavy atom. The van der Waals surface area contributed by atoms with E-state index in [9.17, 15) is 10.1 Å². The summed E-state index contributed by atoms with van der Waals surface area (Å²) in [5.74, 6) is 0.271. The maximum atomic E-state index is 11.2. The number of hydrogen-bond donors (Lipinski definition) is 1. The van der Waals surface area contributed by atoms with Gasteiger partial charge in [0.05, 0.1) is 13.0 Å². The van der Waals surface area contributed by atoms with Crippen molar-refractivity contribution in [1.29, 1.82) is 0 Å². The molecular formula is C17H15BrN2O3. The van der Waals surface area contributed by atoms with Crippen LogP contribution < -0.4 is 4.74 Å². The summed E-state index contributed by atoms with van der Waals surface area (Å²) in [6.07, 6.45) is 1.84. The number of methoxy groups -OCH3 is 1. The van der Waals surface area contributed by atoms with E-state index in [-0.39, 0.29) is 17.4 Å². The number of benzene rings is 2. The first-order chi connectivity index (χ1) is 11.1. The Kier molecular flexibility index (Phi) is 4.34. The van der Waals surface area contributed by atoms with E-state index in [0.29, 0.717) is 5.75 Å². The molecule has 0 saturated carbocycles. The van der Waals surface area contributed by atoms with Gasteiger partial charge in [0, 0.05) is 32.1 Å². The number of aromatic amines is 1. The molecule has 0 bridgehead atoms. The minimum atomic E-state index is -0.385. The fourth-order valence-corrected chi connectivity index (χ4v) is 3.23. The summed E-state index contributed by atoms with van der Waals surface area (Å²) in [5.41, 5.74) is 2.65. The Labute approximate surface area is 141 Å². The van der Waals surface area contributed by atoms with Crippen molar-refractivity contribution in [3.63, 3.8) is 0 Å². The second kappa shape index (κ2) is 6.42. The predicted molar refractivity (Wildman–Crippen MR) is 92.7 cm³/mol. The number of para-hydroxylation sites is 1. The maximum absolute atomic E-state index is 11.2. The molecule has 0 unspecified atom stereocenters. The van der Waals surface area contributed by atoms with Gasteiger partial charge in [-0.15, -0.1) is 0 Å². The molecule has 0 aliphatic rings. The zero-order valence-corrected chi connectivity index (χ0v) is 14.0. The topological polar surface area (TPSA) is 68.2 Å². The van der Waals surface area contributed by atoms with Gasteiger partial charge in [0.15, 0.2) is 0 Å². The van der Waals surface area contributed by atoms with Crippen molar-refractivity contribution in [2.75, 3.05) is 13.7 Å². The lowest BCUT2D eigenvalue weighted by Gasteiger charge is -2.16. The number of H-pyrrole nitrogens is 1. The summed E-state index contributed by atoms with van der Waals surface area (Å²) in [5, 5.41) is 12.2. The van der Waals surface area contributed by atoms with Gasteiger partial charge in [0.25, 0.3) is 0 Å². The Morgan fingerprint density at radius 3 is 2.78 bits per heavy atom. The zero-order chi connectivity index (χ0) is 16.4. The molecule has 1 aromatic heterocycles. The smallest absolute Gasteiger partial charge is 0.214 e. The lowest BCUT2D eigenvalue weighted by molar-refractivity contribution is -0.481. The lowest BCUT2D eigenvalue weighted by Crippen LogP contribution is -2.14. The molecule has 2 aromatic carbocycles.